The molecule has 11 heteroatoms. The fourth-order valence-electron chi connectivity index (χ4n) is 3.47. The molecule has 0 aliphatic heterocycles. The number of methoxy groups -OCH3 is 2. The van der Waals surface area contributed by atoms with Gasteiger partial charge in [0.15, 0.2) is 10.1 Å². The summed E-state index contributed by atoms with van der Waals surface area (Å²) in [5.41, 5.74) is 2.39. The standard InChI is InChI=1S/C25H34N4O5SSi/c1-6-32-36(33-7-2,34-8-3)18-17-26-25-27-23(19-9-13-21(30-4)14-10-19)24(35-25)29-28-20-11-15-22(31-5)16-12-20/h9-16H,6-8,17-18H2,1-5H3,(H,26,27). The zero-order chi connectivity index (χ0) is 25.8. The second kappa shape index (κ2) is 14.0. The van der Waals surface area contributed by atoms with Crippen molar-refractivity contribution < 1.29 is 22.8 Å². The van der Waals surface area contributed by atoms with Crippen LogP contribution in [0.4, 0.5) is 15.8 Å². The smallest absolute Gasteiger partial charge is 0.497 e. The molecule has 0 radical (unpaired) electrons. The number of nitrogens with one attached hydrogen (secondary N) is 1. The summed E-state index contributed by atoms with van der Waals surface area (Å²) in [5.74, 6) is 1.54. The van der Waals surface area contributed by atoms with Crippen LogP contribution in [0, 0.1) is 0 Å². The Balaban J connectivity index is 1.82. The number of aromatic nitrogens is 1. The highest BCUT2D eigenvalue weighted by Crippen LogP contribution is 2.39. The molecule has 3 rings (SSSR count). The molecule has 194 valence electrons. The number of anilines is 1. The molecule has 0 bridgehead atoms. The fourth-order valence-corrected chi connectivity index (χ4v) is 6.74. The molecule has 0 aliphatic rings. The van der Waals surface area contributed by atoms with Crippen molar-refractivity contribution in [2.75, 3.05) is 45.9 Å². The van der Waals surface area contributed by atoms with Gasteiger partial charge in [-0.3, -0.25) is 0 Å². The molecule has 0 atom stereocenters. The molecular weight excluding hydrogens is 496 g/mol. The van der Waals surface area contributed by atoms with Crippen molar-refractivity contribution in [3.63, 3.8) is 0 Å². The lowest BCUT2D eigenvalue weighted by Gasteiger charge is -2.28. The van der Waals surface area contributed by atoms with Gasteiger partial charge in [0.1, 0.15) is 17.2 Å². The molecule has 1 heterocycles. The highest BCUT2D eigenvalue weighted by atomic mass is 32.1. The van der Waals surface area contributed by atoms with Crippen molar-refractivity contribution in [1.82, 2.24) is 4.98 Å². The first-order valence-electron chi connectivity index (χ1n) is 11.9. The van der Waals surface area contributed by atoms with Crippen LogP contribution in [0.3, 0.4) is 0 Å². The monoisotopic (exact) mass is 530 g/mol. The molecule has 0 saturated heterocycles. The number of rotatable bonds is 15. The average Bonchev–Trinajstić information content (AvgIpc) is 3.31. The molecule has 0 fully saturated rings. The maximum absolute atomic E-state index is 5.96. The van der Waals surface area contributed by atoms with Crippen molar-refractivity contribution in [3.05, 3.63) is 48.5 Å². The predicted octanol–water partition coefficient (Wildman–Crippen LogP) is 6.70. The first-order chi connectivity index (χ1) is 17.6. The Morgan fingerprint density at radius 2 is 1.36 bits per heavy atom. The lowest BCUT2D eigenvalue weighted by molar-refractivity contribution is 0.0722. The summed E-state index contributed by atoms with van der Waals surface area (Å²) in [4.78, 5) is 4.82. The molecule has 0 spiro atoms. The third kappa shape index (κ3) is 7.58. The third-order valence-corrected chi connectivity index (χ3v) is 9.05. The second-order valence-electron chi connectivity index (χ2n) is 7.46. The van der Waals surface area contributed by atoms with E-state index in [-0.39, 0.29) is 0 Å². The van der Waals surface area contributed by atoms with E-state index in [2.05, 4.69) is 15.5 Å². The SMILES string of the molecule is CCO[Si](CCNc1nc(-c2ccc(OC)cc2)c(N=Nc2ccc(OC)cc2)s1)(OCC)OCC. The number of hydrogen-bond acceptors (Lipinski definition) is 10. The zero-order valence-electron chi connectivity index (χ0n) is 21.4. The minimum absolute atomic E-state index is 0.543. The average molecular weight is 531 g/mol. The van der Waals surface area contributed by atoms with E-state index in [4.69, 9.17) is 27.7 Å². The van der Waals surface area contributed by atoms with Crippen LogP contribution in [0.25, 0.3) is 11.3 Å². The Morgan fingerprint density at radius 1 is 0.806 bits per heavy atom. The zero-order valence-corrected chi connectivity index (χ0v) is 23.3. The molecule has 2 aromatic carbocycles. The van der Waals surface area contributed by atoms with Gasteiger partial charge in [-0.1, -0.05) is 11.3 Å². The number of ether oxygens (including phenoxy) is 2. The Labute approximate surface area is 217 Å². The second-order valence-corrected chi connectivity index (χ2v) is 11.2. The first-order valence-corrected chi connectivity index (χ1v) is 14.7. The van der Waals surface area contributed by atoms with Crippen molar-refractivity contribution in [1.29, 1.82) is 0 Å². The molecule has 0 saturated carbocycles. The summed E-state index contributed by atoms with van der Waals surface area (Å²) in [7, 11) is 0.526. The van der Waals surface area contributed by atoms with Gasteiger partial charge in [-0.25, -0.2) is 4.98 Å². The Bertz CT molecular complexity index is 1080. The Morgan fingerprint density at radius 3 is 1.89 bits per heavy atom. The van der Waals surface area contributed by atoms with E-state index < -0.39 is 8.80 Å². The van der Waals surface area contributed by atoms with Gasteiger partial charge >= 0.3 is 8.80 Å². The van der Waals surface area contributed by atoms with Gasteiger partial charge in [0.05, 0.1) is 19.9 Å². The van der Waals surface area contributed by atoms with Crippen LogP contribution in [0.15, 0.2) is 58.8 Å². The Kier molecular flexibility index (Phi) is 10.8. The minimum atomic E-state index is -2.75. The van der Waals surface area contributed by atoms with Crippen LogP contribution < -0.4 is 14.8 Å². The summed E-state index contributed by atoms with van der Waals surface area (Å²) < 4.78 is 28.4. The Hall–Kier alpha value is -2.83. The van der Waals surface area contributed by atoms with Crippen LogP contribution >= 0.6 is 11.3 Å². The van der Waals surface area contributed by atoms with E-state index in [0.717, 1.165) is 33.6 Å². The van der Waals surface area contributed by atoms with Gasteiger partial charge in [0, 0.05) is 38.0 Å². The lowest BCUT2D eigenvalue weighted by Crippen LogP contribution is -2.47. The van der Waals surface area contributed by atoms with Gasteiger partial charge in [0.2, 0.25) is 0 Å². The number of hydrogen-bond donors (Lipinski definition) is 1. The third-order valence-electron chi connectivity index (χ3n) is 5.10. The summed E-state index contributed by atoms with van der Waals surface area (Å²) >= 11 is 1.44. The van der Waals surface area contributed by atoms with Crippen molar-refractivity contribution in [3.8, 4) is 22.8 Å². The van der Waals surface area contributed by atoms with Crippen molar-refractivity contribution >= 4 is 36.0 Å². The molecule has 9 nitrogen and oxygen atoms in total. The number of benzene rings is 2. The van der Waals surface area contributed by atoms with E-state index in [0.29, 0.717) is 37.4 Å². The molecule has 0 amide bonds. The van der Waals surface area contributed by atoms with Crippen molar-refractivity contribution in [2.45, 2.75) is 26.8 Å². The highest BCUT2D eigenvalue weighted by molar-refractivity contribution is 7.19. The maximum atomic E-state index is 5.96. The van der Waals surface area contributed by atoms with Crippen LogP contribution in [0.2, 0.25) is 6.04 Å². The van der Waals surface area contributed by atoms with E-state index in [1.165, 1.54) is 11.3 Å². The van der Waals surface area contributed by atoms with Gasteiger partial charge in [0.25, 0.3) is 0 Å². The van der Waals surface area contributed by atoms with Crippen LogP contribution in [-0.2, 0) is 13.3 Å². The van der Waals surface area contributed by atoms with Crippen LogP contribution in [0.1, 0.15) is 20.8 Å². The molecule has 0 unspecified atom stereocenters. The van der Waals surface area contributed by atoms with E-state index in [1.54, 1.807) is 14.2 Å². The number of nitrogens with zero attached hydrogens (tertiary/aromatic N) is 3. The summed E-state index contributed by atoms with van der Waals surface area (Å²) in [6, 6.07) is 15.8. The molecular formula is C25H34N4O5SSi. The fraction of sp³-hybridized carbons (Fsp3) is 0.400. The van der Waals surface area contributed by atoms with Gasteiger partial charge in [-0.05, 0) is 69.3 Å². The quantitative estimate of drug-likeness (QED) is 0.172. The van der Waals surface area contributed by atoms with Gasteiger partial charge in [-0.2, -0.15) is 0 Å². The number of thiazole rings is 1. The molecule has 0 aliphatic carbocycles. The van der Waals surface area contributed by atoms with E-state index in [1.807, 2.05) is 69.3 Å². The summed E-state index contributed by atoms with van der Waals surface area (Å²) in [6.45, 7) is 8.08. The number of azo groups is 1. The van der Waals surface area contributed by atoms with Gasteiger partial charge < -0.3 is 28.1 Å². The lowest BCUT2D eigenvalue weighted by atomic mass is 10.1. The molecule has 1 N–H and O–H groups in total. The predicted molar refractivity (Wildman–Crippen MR) is 145 cm³/mol. The maximum Gasteiger partial charge on any atom is 0.502 e. The van der Waals surface area contributed by atoms with Crippen LogP contribution in [0.5, 0.6) is 11.5 Å². The topological polar surface area (TPSA) is 95.8 Å². The van der Waals surface area contributed by atoms with Gasteiger partial charge in [-0.15, -0.1) is 10.2 Å². The molecule has 3 aromatic rings. The van der Waals surface area contributed by atoms with Crippen molar-refractivity contribution in [2.24, 2.45) is 10.2 Å². The normalized spacial score (nSPS) is 11.7. The summed E-state index contributed by atoms with van der Waals surface area (Å²) in [5, 5.41) is 13.8. The first kappa shape index (κ1) is 27.7. The van der Waals surface area contributed by atoms with Crippen LogP contribution in [-0.4, -0.2) is 54.4 Å². The molecule has 1 aromatic heterocycles. The molecule has 36 heavy (non-hydrogen) atoms. The van der Waals surface area contributed by atoms with E-state index >= 15 is 0 Å². The highest BCUT2D eigenvalue weighted by Gasteiger charge is 2.39. The van der Waals surface area contributed by atoms with E-state index in [9.17, 15) is 0 Å². The minimum Gasteiger partial charge on any atom is -0.497 e. The summed E-state index contributed by atoms with van der Waals surface area (Å²) in [6.07, 6.45) is 0. The largest absolute Gasteiger partial charge is 0.502 e.